The van der Waals surface area contributed by atoms with Crippen molar-refractivity contribution in [2.75, 3.05) is 0 Å². The van der Waals surface area contributed by atoms with Gasteiger partial charge in [-0.3, -0.25) is 9.48 Å². The molecule has 1 aromatic carbocycles. The minimum atomic E-state index is -0.240. The number of hydrogen-bond acceptors (Lipinski definition) is 4. The molecule has 0 spiro atoms. The summed E-state index contributed by atoms with van der Waals surface area (Å²) in [5.41, 5.74) is 2.32. The summed E-state index contributed by atoms with van der Waals surface area (Å²) in [7, 11) is 0. The van der Waals surface area contributed by atoms with Crippen molar-refractivity contribution in [3.63, 3.8) is 0 Å². The van der Waals surface area contributed by atoms with Crippen LogP contribution in [0.5, 0.6) is 5.75 Å². The number of carbonyl (C=O) groups is 1. The summed E-state index contributed by atoms with van der Waals surface area (Å²) in [5.74, 6) is 0.557. The van der Waals surface area contributed by atoms with E-state index in [4.69, 9.17) is 4.74 Å². The number of para-hydroxylation sites is 1. The second-order valence-corrected chi connectivity index (χ2v) is 6.57. The first-order valence-corrected chi connectivity index (χ1v) is 9.08. The van der Waals surface area contributed by atoms with Gasteiger partial charge in [-0.05, 0) is 47.5 Å². The highest BCUT2D eigenvalue weighted by Gasteiger charge is 2.13. The molecule has 7 nitrogen and oxygen atoms in total. The molecule has 8 heteroatoms. The number of amides is 1. The van der Waals surface area contributed by atoms with Gasteiger partial charge in [-0.25, -0.2) is 4.68 Å². The summed E-state index contributed by atoms with van der Waals surface area (Å²) >= 11 is 3.45. The molecule has 0 aliphatic heterocycles. The van der Waals surface area contributed by atoms with Crippen LogP contribution in [0.25, 0.3) is 0 Å². The number of benzene rings is 1. The van der Waals surface area contributed by atoms with Crippen LogP contribution in [0, 0.1) is 6.92 Å². The van der Waals surface area contributed by atoms with E-state index in [1.165, 1.54) is 0 Å². The predicted octanol–water partition coefficient (Wildman–Crippen LogP) is 3.14. The summed E-state index contributed by atoms with van der Waals surface area (Å²) in [5, 5.41) is 11.4. The quantitative estimate of drug-likeness (QED) is 0.640. The Morgan fingerprint density at radius 3 is 2.88 bits per heavy atom. The molecule has 1 N–H and O–H groups in total. The van der Waals surface area contributed by atoms with Gasteiger partial charge in [-0.15, -0.1) is 0 Å². The molecule has 3 rings (SSSR count). The first-order valence-electron chi connectivity index (χ1n) is 8.28. The van der Waals surface area contributed by atoms with E-state index in [1.54, 1.807) is 23.1 Å². The lowest BCUT2D eigenvalue weighted by molar-refractivity contribution is 0.0942. The third kappa shape index (κ3) is 4.13. The summed E-state index contributed by atoms with van der Waals surface area (Å²) in [6.45, 7) is 5.34. The highest BCUT2D eigenvalue weighted by Crippen LogP contribution is 2.17. The number of nitrogens with zero attached hydrogens (tertiary/aromatic N) is 4. The Labute approximate surface area is 160 Å². The van der Waals surface area contributed by atoms with E-state index < -0.39 is 0 Å². The first kappa shape index (κ1) is 18.2. The van der Waals surface area contributed by atoms with Crippen LogP contribution in [0.15, 0.2) is 47.2 Å². The maximum absolute atomic E-state index is 12.3. The normalized spacial score (nSPS) is 10.7. The zero-order chi connectivity index (χ0) is 18.5. The average Bonchev–Trinajstić information content (AvgIpc) is 3.25. The highest BCUT2D eigenvalue weighted by atomic mass is 79.9. The number of carbonyl (C=O) groups excluding carboxylic acids is 1. The molecule has 0 atom stereocenters. The zero-order valence-electron chi connectivity index (χ0n) is 14.6. The number of hydrogen-bond donors (Lipinski definition) is 1. The van der Waals surface area contributed by atoms with E-state index in [1.807, 2.05) is 42.8 Å². The van der Waals surface area contributed by atoms with Gasteiger partial charge in [-0.1, -0.05) is 18.2 Å². The van der Waals surface area contributed by atoms with Gasteiger partial charge in [0.1, 0.15) is 11.4 Å². The van der Waals surface area contributed by atoms with Gasteiger partial charge < -0.3 is 10.1 Å². The molecule has 3 aromatic rings. The van der Waals surface area contributed by atoms with Crippen LogP contribution >= 0.6 is 15.9 Å². The van der Waals surface area contributed by atoms with Crippen LogP contribution in [-0.2, 0) is 19.8 Å². The second-order valence-electron chi connectivity index (χ2n) is 5.72. The minimum Gasteiger partial charge on any atom is -0.471 e. The predicted molar refractivity (Wildman–Crippen MR) is 101 cm³/mol. The van der Waals surface area contributed by atoms with E-state index in [0.29, 0.717) is 12.2 Å². The van der Waals surface area contributed by atoms with Crippen LogP contribution in [0.4, 0.5) is 0 Å². The lowest BCUT2D eigenvalue weighted by atomic mass is 10.2. The van der Waals surface area contributed by atoms with Crippen molar-refractivity contribution in [2.24, 2.45) is 0 Å². The Hall–Kier alpha value is -2.61. The van der Waals surface area contributed by atoms with Crippen molar-refractivity contribution in [1.82, 2.24) is 24.9 Å². The van der Waals surface area contributed by atoms with Crippen molar-refractivity contribution in [3.8, 4) is 5.75 Å². The smallest absolute Gasteiger partial charge is 0.272 e. The second kappa shape index (κ2) is 8.18. The van der Waals surface area contributed by atoms with Crippen molar-refractivity contribution >= 4 is 21.8 Å². The minimum absolute atomic E-state index is 0.240. The fourth-order valence-corrected chi connectivity index (χ4v) is 2.94. The lowest BCUT2D eigenvalue weighted by Crippen LogP contribution is -2.25. The van der Waals surface area contributed by atoms with Crippen molar-refractivity contribution < 1.29 is 9.53 Å². The fourth-order valence-electron chi connectivity index (χ4n) is 2.50. The van der Waals surface area contributed by atoms with Crippen LogP contribution < -0.4 is 10.1 Å². The molecule has 0 saturated carbocycles. The molecule has 0 aliphatic carbocycles. The SMILES string of the molecule is CCn1ncc(Br)c1CNC(=O)c1ccn(COc2ccccc2C)n1. The van der Waals surface area contributed by atoms with Gasteiger partial charge in [0.25, 0.3) is 5.91 Å². The van der Waals surface area contributed by atoms with E-state index >= 15 is 0 Å². The molecule has 2 aromatic heterocycles. The molecule has 0 aliphatic rings. The Morgan fingerprint density at radius 1 is 1.31 bits per heavy atom. The molecular formula is C18H20BrN5O2. The fraction of sp³-hybridized carbons (Fsp3) is 0.278. The molecular weight excluding hydrogens is 398 g/mol. The summed E-state index contributed by atoms with van der Waals surface area (Å²) in [6, 6.07) is 9.44. The molecule has 26 heavy (non-hydrogen) atoms. The van der Waals surface area contributed by atoms with Gasteiger partial charge in [0.2, 0.25) is 0 Å². The molecule has 136 valence electrons. The molecule has 0 bridgehead atoms. The molecule has 0 saturated heterocycles. The molecule has 0 unspecified atom stereocenters. The first-order chi connectivity index (χ1) is 12.6. The number of ether oxygens (including phenoxy) is 1. The summed E-state index contributed by atoms with van der Waals surface area (Å²) < 4.78 is 10.0. The van der Waals surface area contributed by atoms with Crippen LogP contribution in [-0.4, -0.2) is 25.5 Å². The molecule has 0 fully saturated rings. The number of nitrogens with one attached hydrogen (secondary N) is 1. The third-order valence-electron chi connectivity index (χ3n) is 3.93. The van der Waals surface area contributed by atoms with Crippen LogP contribution in [0.2, 0.25) is 0 Å². The molecule has 2 heterocycles. The van der Waals surface area contributed by atoms with Gasteiger partial charge in [0.15, 0.2) is 6.73 Å². The summed E-state index contributed by atoms with van der Waals surface area (Å²) in [4.78, 5) is 12.3. The Morgan fingerprint density at radius 2 is 2.12 bits per heavy atom. The number of halogens is 1. The van der Waals surface area contributed by atoms with Crippen molar-refractivity contribution in [2.45, 2.75) is 33.7 Å². The Balaban J connectivity index is 1.58. The van der Waals surface area contributed by atoms with Crippen LogP contribution in [0.1, 0.15) is 28.7 Å². The van der Waals surface area contributed by atoms with Gasteiger partial charge in [0.05, 0.1) is 22.9 Å². The number of aryl methyl sites for hydroxylation is 2. The lowest BCUT2D eigenvalue weighted by Gasteiger charge is -2.08. The maximum atomic E-state index is 12.3. The van der Waals surface area contributed by atoms with E-state index in [2.05, 4.69) is 31.4 Å². The molecule has 1 amide bonds. The maximum Gasteiger partial charge on any atom is 0.272 e. The van der Waals surface area contributed by atoms with Crippen molar-refractivity contribution in [1.29, 1.82) is 0 Å². The largest absolute Gasteiger partial charge is 0.471 e. The third-order valence-corrected chi connectivity index (χ3v) is 4.60. The van der Waals surface area contributed by atoms with E-state index in [-0.39, 0.29) is 12.6 Å². The highest BCUT2D eigenvalue weighted by molar-refractivity contribution is 9.10. The van der Waals surface area contributed by atoms with Gasteiger partial charge >= 0.3 is 0 Å². The van der Waals surface area contributed by atoms with Crippen LogP contribution in [0.3, 0.4) is 0 Å². The molecule has 0 radical (unpaired) electrons. The average molecular weight is 418 g/mol. The number of aromatic nitrogens is 4. The Bertz CT molecular complexity index is 903. The zero-order valence-corrected chi connectivity index (χ0v) is 16.2. The van der Waals surface area contributed by atoms with E-state index in [9.17, 15) is 4.79 Å². The summed E-state index contributed by atoms with van der Waals surface area (Å²) in [6.07, 6.45) is 3.45. The standard InChI is InChI=1S/C18H20BrN5O2/c1-3-24-16(14(19)10-21-24)11-20-18(25)15-8-9-23(22-15)12-26-17-7-5-4-6-13(17)2/h4-10H,3,11-12H2,1-2H3,(H,20,25). The van der Waals surface area contributed by atoms with E-state index in [0.717, 1.165) is 28.0 Å². The Kier molecular flexibility index (Phi) is 5.72. The topological polar surface area (TPSA) is 74.0 Å². The number of rotatable bonds is 7. The monoisotopic (exact) mass is 417 g/mol. The van der Waals surface area contributed by atoms with Crippen molar-refractivity contribution in [3.05, 3.63) is 64.1 Å². The van der Waals surface area contributed by atoms with Gasteiger partial charge in [-0.2, -0.15) is 10.2 Å². The van der Waals surface area contributed by atoms with Gasteiger partial charge in [0, 0.05) is 12.7 Å².